The normalized spacial score (nSPS) is 14.7. The molecule has 8 heteroatoms. The Hall–Kier alpha value is -3.36. The number of nitrogens with zero attached hydrogens (tertiary/aromatic N) is 2. The topological polar surface area (TPSA) is 74.8 Å². The molecule has 0 aromatic heterocycles. The highest BCUT2D eigenvalue weighted by Gasteiger charge is 2.31. The summed E-state index contributed by atoms with van der Waals surface area (Å²) in [6, 6.07) is 17.0. The molecule has 1 aliphatic heterocycles. The Labute approximate surface area is 198 Å². The predicted octanol–water partition coefficient (Wildman–Crippen LogP) is 3.82. The zero-order valence-corrected chi connectivity index (χ0v) is 19.8. The number of halogens is 1. The van der Waals surface area contributed by atoms with Gasteiger partial charge in [0.1, 0.15) is 5.82 Å². The molecule has 0 spiro atoms. The molecule has 0 saturated carbocycles. The van der Waals surface area contributed by atoms with E-state index in [9.17, 15) is 22.4 Å². The third kappa shape index (κ3) is 4.64. The summed E-state index contributed by atoms with van der Waals surface area (Å²) in [5.41, 5.74) is 3.17. The van der Waals surface area contributed by atoms with Crippen molar-refractivity contribution in [2.45, 2.75) is 18.7 Å². The van der Waals surface area contributed by atoms with Gasteiger partial charge in [0.05, 0.1) is 10.5 Å². The third-order valence-corrected chi connectivity index (χ3v) is 8.03. The molecule has 1 saturated heterocycles. The van der Waals surface area contributed by atoms with Gasteiger partial charge in [0, 0.05) is 37.3 Å². The summed E-state index contributed by atoms with van der Waals surface area (Å²) < 4.78 is 40.5. The van der Waals surface area contributed by atoms with Gasteiger partial charge in [-0.2, -0.15) is 4.31 Å². The van der Waals surface area contributed by atoms with Crippen LogP contribution in [0.1, 0.15) is 37.4 Å². The second-order valence-electron chi connectivity index (χ2n) is 8.33. The van der Waals surface area contributed by atoms with Gasteiger partial charge in [0.15, 0.2) is 5.78 Å². The van der Waals surface area contributed by atoms with Gasteiger partial charge in [0.2, 0.25) is 10.0 Å². The Morgan fingerprint density at radius 3 is 2.12 bits per heavy atom. The van der Waals surface area contributed by atoms with E-state index in [0.717, 1.165) is 17.2 Å². The molecule has 0 N–H and O–H groups in total. The van der Waals surface area contributed by atoms with E-state index in [0.29, 0.717) is 11.1 Å². The average molecular weight is 481 g/mol. The number of sulfonamides is 1. The van der Waals surface area contributed by atoms with Crippen molar-refractivity contribution in [2.24, 2.45) is 0 Å². The van der Waals surface area contributed by atoms with Crippen LogP contribution in [0.25, 0.3) is 0 Å². The number of carbonyl (C=O) groups excluding carboxylic acids is 2. The molecule has 0 unspecified atom stereocenters. The van der Waals surface area contributed by atoms with Crippen molar-refractivity contribution in [3.8, 4) is 0 Å². The van der Waals surface area contributed by atoms with Crippen molar-refractivity contribution in [3.05, 3.63) is 100 Å². The molecule has 1 aliphatic rings. The molecule has 34 heavy (non-hydrogen) atoms. The first-order valence-electron chi connectivity index (χ1n) is 10.9. The molecule has 3 aromatic rings. The van der Waals surface area contributed by atoms with E-state index < -0.39 is 15.8 Å². The summed E-state index contributed by atoms with van der Waals surface area (Å²) in [6.45, 7) is 4.39. The van der Waals surface area contributed by atoms with Crippen LogP contribution in [0.2, 0.25) is 0 Å². The second-order valence-corrected chi connectivity index (χ2v) is 10.3. The summed E-state index contributed by atoms with van der Waals surface area (Å²) >= 11 is 0. The van der Waals surface area contributed by atoms with Gasteiger partial charge in [-0.05, 0) is 55.3 Å². The van der Waals surface area contributed by atoms with Crippen LogP contribution in [0.4, 0.5) is 4.39 Å². The van der Waals surface area contributed by atoms with E-state index in [4.69, 9.17) is 0 Å². The highest BCUT2D eigenvalue weighted by molar-refractivity contribution is 7.89. The lowest BCUT2D eigenvalue weighted by atomic mass is 9.95. The number of carbonyl (C=O) groups is 2. The summed E-state index contributed by atoms with van der Waals surface area (Å²) in [7, 11) is -3.86. The number of aryl methyl sites for hydroxylation is 2. The molecule has 4 rings (SSSR count). The maximum absolute atomic E-state index is 13.5. The smallest absolute Gasteiger partial charge is 0.254 e. The Morgan fingerprint density at radius 2 is 1.47 bits per heavy atom. The van der Waals surface area contributed by atoms with Crippen LogP contribution in [0.15, 0.2) is 71.6 Å². The fraction of sp³-hybridized carbons (Fsp3) is 0.231. The zero-order valence-electron chi connectivity index (χ0n) is 19.0. The van der Waals surface area contributed by atoms with Crippen molar-refractivity contribution in [3.63, 3.8) is 0 Å². The molecule has 1 heterocycles. The van der Waals surface area contributed by atoms with Crippen LogP contribution in [0.3, 0.4) is 0 Å². The first-order valence-corrected chi connectivity index (χ1v) is 12.4. The molecule has 1 fully saturated rings. The van der Waals surface area contributed by atoms with Crippen molar-refractivity contribution >= 4 is 21.7 Å². The van der Waals surface area contributed by atoms with Gasteiger partial charge in [0.25, 0.3) is 5.91 Å². The van der Waals surface area contributed by atoms with Crippen LogP contribution in [0, 0.1) is 19.7 Å². The SMILES string of the molecule is Cc1ccc(C(=O)c2ccccc2C(=O)N2CCN(S(=O)(=O)c3cccc(F)c3)CC2)cc1C. The predicted molar refractivity (Wildman–Crippen MR) is 127 cm³/mol. The number of hydrogen-bond acceptors (Lipinski definition) is 4. The Kier molecular flexibility index (Phi) is 6.63. The number of rotatable bonds is 5. The maximum atomic E-state index is 13.5. The van der Waals surface area contributed by atoms with Crippen LogP contribution < -0.4 is 0 Å². The highest BCUT2D eigenvalue weighted by atomic mass is 32.2. The van der Waals surface area contributed by atoms with E-state index in [1.54, 1.807) is 35.2 Å². The quantitative estimate of drug-likeness (QED) is 0.521. The number of piperazine rings is 1. The molecule has 3 aromatic carbocycles. The van der Waals surface area contributed by atoms with E-state index in [1.807, 2.05) is 26.0 Å². The number of benzene rings is 3. The number of amides is 1. The summed E-state index contributed by atoms with van der Waals surface area (Å²) in [4.78, 5) is 27.9. The molecule has 0 radical (unpaired) electrons. The monoisotopic (exact) mass is 480 g/mol. The van der Waals surface area contributed by atoms with E-state index in [-0.39, 0.29) is 48.3 Å². The minimum Gasteiger partial charge on any atom is -0.336 e. The van der Waals surface area contributed by atoms with Gasteiger partial charge in [-0.3, -0.25) is 9.59 Å². The molecule has 0 bridgehead atoms. The first kappa shape index (κ1) is 23.8. The average Bonchev–Trinajstić information content (AvgIpc) is 2.85. The summed E-state index contributed by atoms with van der Waals surface area (Å²) in [5.74, 6) is -1.19. The first-order chi connectivity index (χ1) is 16.2. The van der Waals surface area contributed by atoms with Crippen LogP contribution >= 0.6 is 0 Å². The number of hydrogen-bond donors (Lipinski definition) is 0. The fourth-order valence-corrected chi connectivity index (χ4v) is 5.44. The standard InChI is InChI=1S/C26H25FN2O4S/c1-18-10-11-20(16-19(18)2)25(30)23-8-3-4-9-24(23)26(31)28-12-14-29(15-13-28)34(32,33)22-7-5-6-21(27)17-22/h3-11,16-17H,12-15H2,1-2H3. The van der Waals surface area contributed by atoms with Crippen molar-refractivity contribution < 1.29 is 22.4 Å². The minimum absolute atomic E-state index is 0.0812. The van der Waals surface area contributed by atoms with Gasteiger partial charge >= 0.3 is 0 Å². The fourth-order valence-electron chi connectivity index (χ4n) is 3.98. The van der Waals surface area contributed by atoms with Gasteiger partial charge in [-0.25, -0.2) is 12.8 Å². The van der Waals surface area contributed by atoms with Crippen molar-refractivity contribution in [1.29, 1.82) is 0 Å². The maximum Gasteiger partial charge on any atom is 0.254 e. The van der Waals surface area contributed by atoms with Crippen LogP contribution in [-0.2, 0) is 10.0 Å². The third-order valence-electron chi connectivity index (χ3n) is 6.13. The molecular weight excluding hydrogens is 455 g/mol. The summed E-state index contributed by atoms with van der Waals surface area (Å²) in [5, 5.41) is 0. The molecule has 0 aliphatic carbocycles. The molecule has 0 atom stereocenters. The lowest BCUT2D eigenvalue weighted by Gasteiger charge is -2.34. The lowest BCUT2D eigenvalue weighted by Crippen LogP contribution is -2.50. The Bertz CT molecular complexity index is 1360. The lowest BCUT2D eigenvalue weighted by molar-refractivity contribution is 0.0694. The Morgan fingerprint density at radius 1 is 0.794 bits per heavy atom. The van der Waals surface area contributed by atoms with Gasteiger partial charge in [-0.15, -0.1) is 0 Å². The largest absolute Gasteiger partial charge is 0.336 e. The summed E-state index contributed by atoms with van der Waals surface area (Å²) in [6.07, 6.45) is 0. The van der Waals surface area contributed by atoms with E-state index >= 15 is 0 Å². The van der Waals surface area contributed by atoms with Gasteiger partial charge < -0.3 is 4.90 Å². The molecule has 1 amide bonds. The van der Waals surface area contributed by atoms with Crippen LogP contribution in [0.5, 0.6) is 0 Å². The molecular formula is C26H25FN2O4S. The van der Waals surface area contributed by atoms with Crippen LogP contribution in [-0.4, -0.2) is 55.5 Å². The van der Waals surface area contributed by atoms with Crippen molar-refractivity contribution in [2.75, 3.05) is 26.2 Å². The Balaban J connectivity index is 1.52. The van der Waals surface area contributed by atoms with Gasteiger partial charge in [-0.1, -0.05) is 36.4 Å². The molecule has 176 valence electrons. The highest BCUT2D eigenvalue weighted by Crippen LogP contribution is 2.22. The zero-order chi connectivity index (χ0) is 24.5. The van der Waals surface area contributed by atoms with E-state index in [1.165, 1.54) is 22.5 Å². The molecule has 6 nitrogen and oxygen atoms in total. The minimum atomic E-state index is -3.86. The van der Waals surface area contributed by atoms with E-state index in [2.05, 4.69) is 0 Å². The van der Waals surface area contributed by atoms with Crippen molar-refractivity contribution in [1.82, 2.24) is 9.21 Å². The second kappa shape index (κ2) is 9.48. The number of ketones is 1.